The first-order chi connectivity index (χ1) is 12.2. The number of benzene rings is 1. The van der Waals surface area contributed by atoms with Gasteiger partial charge in [0.15, 0.2) is 0 Å². The van der Waals surface area contributed by atoms with Crippen LogP contribution in [0.4, 0.5) is 4.79 Å². The second-order valence-corrected chi connectivity index (χ2v) is 7.69. The van der Waals surface area contributed by atoms with Crippen LogP contribution in [0.15, 0.2) is 30.3 Å². The van der Waals surface area contributed by atoms with Gasteiger partial charge in [-0.2, -0.15) is 0 Å². The number of hydrogen-bond acceptors (Lipinski definition) is 5. The Balaban J connectivity index is 2.33. The van der Waals surface area contributed by atoms with Gasteiger partial charge in [0.1, 0.15) is 17.2 Å². The van der Waals surface area contributed by atoms with Crippen molar-refractivity contribution in [2.75, 3.05) is 13.2 Å². The van der Waals surface area contributed by atoms with Gasteiger partial charge in [-0.15, -0.1) is 0 Å². The molecule has 0 bridgehead atoms. The number of rotatable bonds is 4. The second-order valence-electron chi connectivity index (χ2n) is 7.69. The van der Waals surface area contributed by atoms with Crippen LogP contribution in [0.25, 0.3) is 0 Å². The number of aliphatic hydroxyl groups is 1. The molecule has 1 unspecified atom stereocenters. The van der Waals surface area contributed by atoms with Crippen LogP contribution in [0.2, 0.25) is 0 Å². The minimum absolute atomic E-state index is 0.217. The van der Waals surface area contributed by atoms with Gasteiger partial charge in [-0.3, -0.25) is 9.69 Å². The predicted octanol–water partition coefficient (Wildman–Crippen LogP) is 3.13. The number of carbonyl (C=O) groups is 2. The molecule has 1 aromatic rings. The van der Waals surface area contributed by atoms with Crippen LogP contribution in [0.3, 0.4) is 0 Å². The number of hydrogen-bond donors (Lipinski definition) is 1. The maximum absolute atomic E-state index is 12.8. The van der Waals surface area contributed by atoms with E-state index in [4.69, 9.17) is 9.47 Å². The molecule has 0 saturated carbocycles. The van der Waals surface area contributed by atoms with E-state index in [-0.39, 0.29) is 6.61 Å². The highest BCUT2D eigenvalue weighted by Gasteiger charge is 2.53. The fourth-order valence-corrected chi connectivity index (χ4v) is 3.32. The fraction of sp³-hybridized carbons (Fsp3) is 0.600. The lowest BCUT2D eigenvalue weighted by Crippen LogP contribution is -2.59. The highest BCUT2D eigenvalue weighted by Crippen LogP contribution is 2.40. The van der Waals surface area contributed by atoms with Crippen molar-refractivity contribution in [2.45, 2.75) is 58.8 Å². The molecule has 0 aliphatic carbocycles. The van der Waals surface area contributed by atoms with E-state index in [1.54, 1.807) is 27.7 Å². The Morgan fingerprint density at radius 2 is 1.92 bits per heavy atom. The Morgan fingerprint density at radius 3 is 2.50 bits per heavy atom. The molecular weight excluding hydrogens is 334 g/mol. The van der Waals surface area contributed by atoms with Crippen LogP contribution in [0.1, 0.15) is 46.1 Å². The molecular formula is C20H29NO5. The van der Waals surface area contributed by atoms with E-state index in [2.05, 4.69) is 0 Å². The van der Waals surface area contributed by atoms with Crippen molar-refractivity contribution >= 4 is 12.1 Å². The van der Waals surface area contributed by atoms with Crippen molar-refractivity contribution < 1.29 is 24.2 Å². The summed E-state index contributed by atoms with van der Waals surface area (Å²) < 4.78 is 10.7. The molecule has 6 heteroatoms. The number of amides is 1. The second kappa shape index (κ2) is 8.08. The van der Waals surface area contributed by atoms with E-state index < -0.39 is 29.3 Å². The summed E-state index contributed by atoms with van der Waals surface area (Å²) in [5, 5.41) is 11.0. The standard InChI is InChI=1S/C20H29NO5/c1-5-25-17(23)20(14-15-10-7-6-8-11-15)12-9-13-21(16(20)22)18(24)26-19(2,3)4/h6-8,10-11,16,22H,5,9,12-14H2,1-4H3/t16-,20?/m0/s1. The van der Waals surface area contributed by atoms with Gasteiger partial charge >= 0.3 is 12.1 Å². The fourth-order valence-electron chi connectivity index (χ4n) is 3.32. The molecule has 2 atom stereocenters. The third kappa shape index (κ3) is 4.55. The van der Waals surface area contributed by atoms with Crippen LogP contribution >= 0.6 is 0 Å². The molecule has 1 aliphatic heterocycles. The molecule has 1 saturated heterocycles. The smallest absolute Gasteiger partial charge is 0.412 e. The topological polar surface area (TPSA) is 76.1 Å². The number of nitrogens with zero attached hydrogens (tertiary/aromatic N) is 1. The van der Waals surface area contributed by atoms with Gasteiger partial charge in [0.2, 0.25) is 0 Å². The monoisotopic (exact) mass is 363 g/mol. The first-order valence-electron chi connectivity index (χ1n) is 9.08. The normalized spacial score (nSPS) is 23.4. The van der Waals surface area contributed by atoms with Gasteiger partial charge < -0.3 is 14.6 Å². The van der Waals surface area contributed by atoms with E-state index >= 15 is 0 Å². The predicted molar refractivity (Wildman–Crippen MR) is 97.4 cm³/mol. The lowest BCUT2D eigenvalue weighted by molar-refractivity contribution is -0.180. The number of aliphatic hydroxyl groups excluding tert-OH is 1. The summed E-state index contributed by atoms with van der Waals surface area (Å²) in [6.07, 6.45) is -0.590. The van der Waals surface area contributed by atoms with E-state index in [9.17, 15) is 14.7 Å². The summed E-state index contributed by atoms with van der Waals surface area (Å²) >= 11 is 0. The molecule has 0 spiro atoms. The Morgan fingerprint density at radius 1 is 1.27 bits per heavy atom. The van der Waals surface area contributed by atoms with Crippen molar-refractivity contribution in [3.05, 3.63) is 35.9 Å². The zero-order valence-electron chi connectivity index (χ0n) is 16.0. The van der Waals surface area contributed by atoms with E-state index in [0.29, 0.717) is 25.8 Å². The average molecular weight is 363 g/mol. The Bertz CT molecular complexity index is 625. The molecule has 1 fully saturated rings. The first kappa shape index (κ1) is 20.2. The molecule has 1 heterocycles. The maximum Gasteiger partial charge on any atom is 0.412 e. The number of esters is 1. The molecule has 2 rings (SSSR count). The van der Waals surface area contributed by atoms with Crippen LogP contribution in [0, 0.1) is 5.41 Å². The van der Waals surface area contributed by atoms with E-state index in [1.165, 1.54) is 4.90 Å². The van der Waals surface area contributed by atoms with Gasteiger partial charge in [0.25, 0.3) is 0 Å². The Labute approximate surface area is 155 Å². The van der Waals surface area contributed by atoms with Gasteiger partial charge in [0.05, 0.1) is 6.61 Å². The van der Waals surface area contributed by atoms with Crippen LogP contribution in [-0.2, 0) is 20.7 Å². The SMILES string of the molecule is CCOC(=O)C1(Cc2ccccc2)CCCN(C(=O)OC(C)(C)C)[C@H]1O. The minimum atomic E-state index is -1.30. The highest BCUT2D eigenvalue weighted by atomic mass is 16.6. The van der Waals surface area contributed by atoms with Gasteiger partial charge in [0, 0.05) is 6.54 Å². The lowest BCUT2D eigenvalue weighted by Gasteiger charge is -2.45. The summed E-state index contributed by atoms with van der Waals surface area (Å²) in [4.78, 5) is 26.6. The number of piperidine rings is 1. The van der Waals surface area contributed by atoms with Crippen molar-refractivity contribution in [1.29, 1.82) is 0 Å². The summed E-state index contributed by atoms with van der Waals surface area (Å²) in [6.45, 7) is 7.59. The highest BCUT2D eigenvalue weighted by molar-refractivity contribution is 5.80. The van der Waals surface area contributed by atoms with Crippen molar-refractivity contribution in [3.63, 3.8) is 0 Å². The van der Waals surface area contributed by atoms with Crippen molar-refractivity contribution in [1.82, 2.24) is 4.90 Å². The third-order valence-electron chi connectivity index (χ3n) is 4.48. The summed E-state index contributed by atoms with van der Waals surface area (Å²) in [5.74, 6) is -0.482. The summed E-state index contributed by atoms with van der Waals surface area (Å²) in [7, 11) is 0. The molecule has 6 nitrogen and oxygen atoms in total. The Hall–Kier alpha value is -2.08. The zero-order chi connectivity index (χ0) is 19.4. The Kier molecular flexibility index (Phi) is 6.29. The molecule has 0 aromatic heterocycles. The number of ether oxygens (including phenoxy) is 2. The molecule has 1 aromatic carbocycles. The van der Waals surface area contributed by atoms with Crippen LogP contribution < -0.4 is 0 Å². The number of likely N-dealkylation sites (tertiary alicyclic amines) is 1. The summed E-state index contributed by atoms with van der Waals surface area (Å²) in [6, 6.07) is 9.47. The largest absolute Gasteiger partial charge is 0.465 e. The lowest BCUT2D eigenvalue weighted by atomic mass is 9.73. The van der Waals surface area contributed by atoms with E-state index in [1.807, 2.05) is 30.3 Å². The molecule has 0 radical (unpaired) electrons. The van der Waals surface area contributed by atoms with Gasteiger partial charge in [-0.1, -0.05) is 30.3 Å². The molecule has 1 amide bonds. The first-order valence-corrected chi connectivity index (χ1v) is 9.08. The van der Waals surface area contributed by atoms with Gasteiger partial charge in [-0.25, -0.2) is 4.79 Å². The number of carbonyl (C=O) groups excluding carboxylic acids is 2. The molecule has 26 heavy (non-hydrogen) atoms. The quantitative estimate of drug-likeness (QED) is 0.832. The molecule has 1 N–H and O–H groups in total. The van der Waals surface area contributed by atoms with E-state index in [0.717, 1.165) is 5.56 Å². The van der Waals surface area contributed by atoms with Crippen LogP contribution in [-0.4, -0.2) is 47.0 Å². The third-order valence-corrected chi connectivity index (χ3v) is 4.48. The maximum atomic E-state index is 12.8. The van der Waals surface area contributed by atoms with Gasteiger partial charge in [-0.05, 0) is 52.5 Å². The van der Waals surface area contributed by atoms with Crippen molar-refractivity contribution in [3.8, 4) is 0 Å². The van der Waals surface area contributed by atoms with Crippen molar-refractivity contribution in [2.24, 2.45) is 5.41 Å². The van der Waals surface area contributed by atoms with Crippen LogP contribution in [0.5, 0.6) is 0 Å². The average Bonchev–Trinajstić information content (AvgIpc) is 2.56. The molecule has 1 aliphatic rings. The summed E-state index contributed by atoms with van der Waals surface area (Å²) in [5.41, 5.74) is -0.974. The minimum Gasteiger partial charge on any atom is -0.465 e. The molecule has 144 valence electrons. The zero-order valence-corrected chi connectivity index (χ0v) is 16.0.